The van der Waals surface area contributed by atoms with E-state index in [4.69, 9.17) is 14.2 Å². The van der Waals surface area contributed by atoms with Gasteiger partial charge in [0.1, 0.15) is 23.4 Å². The first kappa shape index (κ1) is 21.7. The highest BCUT2D eigenvalue weighted by Gasteiger charge is 2.40. The van der Waals surface area contributed by atoms with E-state index in [2.05, 4.69) is 0 Å². The van der Waals surface area contributed by atoms with E-state index in [1.165, 1.54) is 37.4 Å². The Morgan fingerprint density at radius 2 is 1.62 bits per heavy atom. The first-order valence-corrected chi connectivity index (χ1v) is 10.6. The molecular formula is C25H22O9. The number of benzene rings is 3. The third kappa shape index (κ3) is 3.50. The van der Waals surface area contributed by atoms with E-state index in [0.717, 1.165) is 0 Å². The molecule has 5 rings (SSSR count). The van der Waals surface area contributed by atoms with Crippen LogP contribution in [-0.2, 0) is 11.2 Å². The number of aliphatic hydroxyl groups is 1. The van der Waals surface area contributed by atoms with E-state index >= 15 is 0 Å². The van der Waals surface area contributed by atoms with Gasteiger partial charge in [0.05, 0.1) is 19.6 Å². The zero-order chi connectivity index (χ0) is 24.1. The number of methoxy groups -OCH3 is 1. The average molecular weight is 466 g/mol. The lowest BCUT2D eigenvalue weighted by Gasteiger charge is -2.36. The Balaban J connectivity index is 1.66. The molecule has 0 amide bonds. The Morgan fingerprint density at radius 3 is 2.35 bits per heavy atom. The summed E-state index contributed by atoms with van der Waals surface area (Å²) in [6.07, 6.45) is -1.95. The number of carbonyl (C=O) groups is 1. The molecule has 176 valence electrons. The molecule has 0 saturated carbocycles. The summed E-state index contributed by atoms with van der Waals surface area (Å²) < 4.78 is 16.8. The highest BCUT2D eigenvalue weighted by molar-refractivity contribution is 5.80. The van der Waals surface area contributed by atoms with Crippen LogP contribution in [0.4, 0.5) is 0 Å². The SMILES string of the molecule is COc1cc(C2CC(=O)Oc3cc(O)c4c(c32)O[C@H](c2ccc(O)c(O)c2)[C@@H](O)C4)ccc1O. The number of hydrogen-bond donors (Lipinski definition) is 5. The zero-order valence-electron chi connectivity index (χ0n) is 18.1. The van der Waals surface area contributed by atoms with Crippen LogP contribution in [0.5, 0.6) is 40.2 Å². The number of carbonyl (C=O) groups excluding carboxylic acids is 1. The first-order valence-electron chi connectivity index (χ1n) is 10.6. The van der Waals surface area contributed by atoms with Crippen molar-refractivity contribution >= 4 is 5.97 Å². The van der Waals surface area contributed by atoms with Gasteiger partial charge in [0, 0.05) is 29.5 Å². The summed E-state index contributed by atoms with van der Waals surface area (Å²) in [7, 11) is 1.42. The molecule has 9 heteroatoms. The monoisotopic (exact) mass is 466 g/mol. The number of aliphatic hydroxyl groups excluding tert-OH is 1. The zero-order valence-corrected chi connectivity index (χ0v) is 18.1. The largest absolute Gasteiger partial charge is 0.507 e. The highest BCUT2D eigenvalue weighted by Crippen LogP contribution is 2.53. The summed E-state index contributed by atoms with van der Waals surface area (Å²) in [4.78, 5) is 12.4. The fraction of sp³-hybridized carbons (Fsp3) is 0.240. The fourth-order valence-electron chi connectivity index (χ4n) is 4.58. The number of hydrogen-bond acceptors (Lipinski definition) is 9. The summed E-state index contributed by atoms with van der Waals surface area (Å²) in [5.74, 6) is -1.31. The second-order valence-corrected chi connectivity index (χ2v) is 8.34. The molecule has 0 radical (unpaired) electrons. The van der Waals surface area contributed by atoms with Crippen molar-refractivity contribution in [2.45, 2.75) is 31.0 Å². The van der Waals surface area contributed by atoms with Gasteiger partial charge in [-0.25, -0.2) is 0 Å². The van der Waals surface area contributed by atoms with Gasteiger partial charge < -0.3 is 39.7 Å². The molecule has 5 N–H and O–H groups in total. The predicted octanol–water partition coefficient (Wildman–Crippen LogP) is 3.00. The standard InChI is InChI=1S/C25H22O9/c1-32-20-7-11(2-5-16(20)27)13-9-22(31)33-21-10-17(28)14-8-19(30)24(34-25(14)23(13)21)12-3-4-15(26)18(29)6-12/h2-7,10,13,19,24,26-30H,8-9H2,1H3/t13?,19-,24+/m0/s1. The van der Waals surface area contributed by atoms with Crippen LogP contribution in [0.25, 0.3) is 0 Å². The van der Waals surface area contributed by atoms with E-state index < -0.39 is 24.1 Å². The molecule has 2 aliphatic heterocycles. The summed E-state index contributed by atoms with van der Waals surface area (Å²) in [5, 5.41) is 51.0. The number of phenolic OH excluding ortho intramolecular Hbond substituents is 4. The van der Waals surface area contributed by atoms with E-state index in [1.807, 2.05) is 0 Å². The molecule has 3 aromatic rings. The van der Waals surface area contributed by atoms with Crippen LogP contribution in [-0.4, -0.2) is 44.7 Å². The Kier molecular flexibility index (Phi) is 5.13. The van der Waals surface area contributed by atoms with Gasteiger partial charge in [-0.15, -0.1) is 0 Å². The number of ether oxygens (including phenoxy) is 3. The minimum Gasteiger partial charge on any atom is -0.507 e. The second-order valence-electron chi connectivity index (χ2n) is 8.34. The van der Waals surface area contributed by atoms with Crippen molar-refractivity contribution in [3.05, 3.63) is 64.7 Å². The molecule has 2 aliphatic rings. The topological polar surface area (TPSA) is 146 Å². The lowest BCUT2D eigenvalue weighted by Crippen LogP contribution is -2.32. The number of fused-ring (bicyclic) bond motifs is 3. The van der Waals surface area contributed by atoms with E-state index in [-0.39, 0.29) is 53.1 Å². The van der Waals surface area contributed by atoms with Crippen LogP contribution in [0.1, 0.15) is 40.7 Å². The first-order chi connectivity index (χ1) is 16.3. The molecule has 34 heavy (non-hydrogen) atoms. The van der Waals surface area contributed by atoms with Crippen molar-refractivity contribution in [2.75, 3.05) is 7.11 Å². The van der Waals surface area contributed by atoms with Gasteiger partial charge in [0.2, 0.25) is 0 Å². The van der Waals surface area contributed by atoms with Gasteiger partial charge in [0.15, 0.2) is 23.0 Å². The molecule has 0 bridgehead atoms. The molecule has 9 nitrogen and oxygen atoms in total. The average Bonchev–Trinajstić information content (AvgIpc) is 2.80. The quantitative estimate of drug-likeness (QED) is 0.223. The molecule has 0 aromatic heterocycles. The van der Waals surface area contributed by atoms with Crippen molar-refractivity contribution in [3.8, 4) is 40.2 Å². The third-order valence-corrected chi connectivity index (χ3v) is 6.25. The minimum absolute atomic E-state index is 0.0191. The molecule has 0 fully saturated rings. The van der Waals surface area contributed by atoms with Crippen LogP contribution in [0.2, 0.25) is 0 Å². The second kappa shape index (κ2) is 8.03. The molecule has 3 aromatic carbocycles. The third-order valence-electron chi connectivity index (χ3n) is 6.25. The lowest BCUT2D eigenvalue weighted by molar-refractivity contribution is -0.135. The lowest BCUT2D eigenvalue weighted by atomic mass is 9.82. The van der Waals surface area contributed by atoms with Gasteiger partial charge in [-0.2, -0.15) is 0 Å². The normalized spacial score (nSPS) is 21.1. The number of rotatable bonds is 3. The highest BCUT2D eigenvalue weighted by atomic mass is 16.5. The van der Waals surface area contributed by atoms with Crippen molar-refractivity contribution in [1.29, 1.82) is 0 Å². The maximum absolute atomic E-state index is 12.4. The van der Waals surface area contributed by atoms with E-state index in [0.29, 0.717) is 22.3 Å². The van der Waals surface area contributed by atoms with E-state index in [9.17, 15) is 30.3 Å². The van der Waals surface area contributed by atoms with Gasteiger partial charge in [0.25, 0.3) is 0 Å². The molecule has 2 heterocycles. The predicted molar refractivity (Wildman–Crippen MR) is 118 cm³/mol. The molecule has 0 spiro atoms. The Bertz CT molecular complexity index is 1300. The van der Waals surface area contributed by atoms with Crippen molar-refractivity contribution in [1.82, 2.24) is 0 Å². The van der Waals surface area contributed by atoms with Crippen molar-refractivity contribution in [2.24, 2.45) is 0 Å². The Hall–Kier alpha value is -4.11. The number of esters is 1. The summed E-state index contributed by atoms with van der Waals surface area (Å²) in [5.41, 5.74) is 1.95. The van der Waals surface area contributed by atoms with E-state index in [1.54, 1.807) is 12.1 Å². The van der Waals surface area contributed by atoms with Crippen molar-refractivity contribution < 1.29 is 44.5 Å². The van der Waals surface area contributed by atoms with Crippen LogP contribution >= 0.6 is 0 Å². The molecule has 0 saturated heterocycles. The maximum Gasteiger partial charge on any atom is 0.312 e. The smallest absolute Gasteiger partial charge is 0.312 e. The number of phenols is 4. The summed E-state index contributed by atoms with van der Waals surface area (Å²) >= 11 is 0. The van der Waals surface area contributed by atoms with Gasteiger partial charge in [-0.05, 0) is 35.4 Å². The van der Waals surface area contributed by atoms with Crippen LogP contribution < -0.4 is 14.2 Å². The van der Waals surface area contributed by atoms with Crippen LogP contribution in [0, 0.1) is 0 Å². The molecule has 3 atom stereocenters. The molecule has 0 aliphatic carbocycles. The van der Waals surface area contributed by atoms with Gasteiger partial charge >= 0.3 is 5.97 Å². The van der Waals surface area contributed by atoms with Gasteiger partial charge in [-0.3, -0.25) is 4.79 Å². The molecule has 1 unspecified atom stereocenters. The Labute approximate surface area is 194 Å². The summed E-state index contributed by atoms with van der Waals surface area (Å²) in [6, 6.07) is 10.2. The van der Waals surface area contributed by atoms with Crippen molar-refractivity contribution in [3.63, 3.8) is 0 Å². The maximum atomic E-state index is 12.4. The van der Waals surface area contributed by atoms with Gasteiger partial charge in [-0.1, -0.05) is 12.1 Å². The molecular weight excluding hydrogens is 444 g/mol. The minimum atomic E-state index is -1.06. The van der Waals surface area contributed by atoms with Crippen LogP contribution in [0.3, 0.4) is 0 Å². The number of aromatic hydroxyl groups is 4. The summed E-state index contributed by atoms with van der Waals surface area (Å²) in [6.45, 7) is 0. The van der Waals surface area contributed by atoms with Crippen LogP contribution in [0.15, 0.2) is 42.5 Å². The fourth-order valence-corrected chi connectivity index (χ4v) is 4.58. The Morgan fingerprint density at radius 1 is 0.882 bits per heavy atom.